The van der Waals surface area contributed by atoms with Gasteiger partial charge in [-0.25, -0.2) is 8.42 Å². The molecule has 0 bridgehead atoms. The Hall–Kier alpha value is -2.60. The highest BCUT2D eigenvalue weighted by molar-refractivity contribution is 7.99. The number of para-hydroxylation sites is 1. The molecule has 1 amide bonds. The zero-order chi connectivity index (χ0) is 27.6. The van der Waals surface area contributed by atoms with Gasteiger partial charge in [0, 0.05) is 29.4 Å². The molecule has 1 aliphatic heterocycles. The molecule has 2 heterocycles. The third-order valence-corrected chi connectivity index (χ3v) is 9.68. The van der Waals surface area contributed by atoms with Crippen molar-refractivity contribution >= 4 is 68.2 Å². The van der Waals surface area contributed by atoms with Crippen LogP contribution in [0.4, 0.5) is 5.69 Å². The topological polar surface area (TPSA) is 97.2 Å². The maximum atomic E-state index is 13.2. The number of anilines is 1. The second-order valence-corrected chi connectivity index (χ2v) is 12.8. The summed E-state index contributed by atoms with van der Waals surface area (Å²) in [5.74, 6) is 0.0873. The van der Waals surface area contributed by atoms with Crippen LogP contribution in [-0.4, -0.2) is 52.2 Å². The van der Waals surface area contributed by atoms with E-state index in [0.29, 0.717) is 34.7 Å². The Kier molecular flexibility index (Phi) is 8.51. The smallest absolute Gasteiger partial charge is 0.243 e. The maximum Gasteiger partial charge on any atom is 0.243 e. The van der Waals surface area contributed by atoms with Crippen LogP contribution < -0.4 is 5.32 Å². The first kappa shape index (κ1) is 27.9. The van der Waals surface area contributed by atoms with Crippen molar-refractivity contribution in [1.82, 2.24) is 19.1 Å². The molecule has 0 aliphatic carbocycles. The minimum atomic E-state index is -3.61. The number of benzene rings is 3. The van der Waals surface area contributed by atoms with E-state index in [1.165, 1.54) is 28.2 Å². The normalized spacial score (nSPS) is 14.0. The van der Waals surface area contributed by atoms with Crippen molar-refractivity contribution in [3.63, 3.8) is 0 Å². The Balaban J connectivity index is 1.44. The van der Waals surface area contributed by atoms with Crippen molar-refractivity contribution in [2.75, 3.05) is 24.2 Å². The van der Waals surface area contributed by atoms with Gasteiger partial charge in [0.1, 0.15) is 0 Å². The summed E-state index contributed by atoms with van der Waals surface area (Å²) in [4.78, 5) is 13.0. The molecular weight excluding hydrogens is 601 g/mol. The van der Waals surface area contributed by atoms with E-state index in [0.717, 1.165) is 18.5 Å². The molecule has 1 aliphatic rings. The number of nitrogens with one attached hydrogen (secondary N) is 1. The third-order valence-electron chi connectivity index (χ3n) is 6.05. The van der Waals surface area contributed by atoms with Gasteiger partial charge in [-0.3, -0.25) is 9.36 Å². The van der Waals surface area contributed by atoms with E-state index in [4.69, 9.17) is 34.8 Å². The molecule has 39 heavy (non-hydrogen) atoms. The molecule has 0 spiro atoms. The number of rotatable bonds is 8. The van der Waals surface area contributed by atoms with Gasteiger partial charge < -0.3 is 5.32 Å². The summed E-state index contributed by atoms with van der Waals surface area (Å²) in [6.45, 7) is 1.03. The van der Waals surface area contributed by atoms with E-state index in [2.05, 4.69) is 15.5 Å². The van der Waals surface area contributed by atoms with Crippen LogP contribution in [0.15, 0.2) is 76.8 Å². The van der Waals surface area contributed by atoms with Gasteiger partial charge in [0.25, 0.3) is 0 Å². The van der Waals surface area contributed by atoms with Crippen molar-refractivity contribution in [2.45, 2.75) is 22.9 Å². The van der Waals surface area contributed by atoms with Crippen molar-refractivity contribution in [3.05, 3.63) is 81.8 Å². The van der Waals surface area contributed by atoms with Crippen LogP contribution in [-0.2, 0) is 14.8 Å². The summed E-state index contributed by atoms with van der Waals surface area (Å²) >= 11 is 19.5. The van der Waals surface area contributed by atoms with Gasteiger partial charge in [-0.15, -0.1) is 10.2 Å². The Morgan fingerprint density at radius 3 is 2.31 bits per heavy atom. The Morgan fingerprint density at radius 2 is 1.62 bits per heavy atom. The molecule has 5 rings (SSSR count). The number of sulfonamides is 1. The molecule has 1 saturated heterocycles. The van der Waals surface area contributed by atoms with E-state index < -0.39 is 10.0 Å². The first-order chi connectivity index (χ1) is 18.7. The molecule has 0 atom stereocenters. The van der Waals surface area contributed by atoms with Gasteiger partial charge in [0.05, 0.1) is 26.4 Å². The number of carbonyl (C=O) groups excluding carboxylic acids is 1. The average Bonchev–Trinajstić information content (AvgIpc) is 3.61. The van der Waals surface area contributed by atoms with E-state index in [1.54, 1.807) is 28.8 Å². The van der Waals surface area contributed by atoms with E-state index in [9.17, 15) is 13.2 Å². The molecule has 8 nitrogen and oxygen atoms in total. The molecule has 1 N–H and O–H groups in total. The quantitative estimate of drug-likeness (QED) is 0.228. The number of carbonyl (C=O) groups is 1. The molecule has 1 aromatic heterocycles. The predicted octanol–water partition coefficient (Wildman–Crippen LogP) is 6.41. The second kappa shape index (κ2) is 11.9. The van der Waals surface area contributed by atoms with Crippen LogP contribution in [0.25, 0.3) is 17.1 Å². The lowest BCUT2D eigenvalue weighted by molar-refractivity contribution is -0.113. The van der Waals surface area contributed by atoms with Crippen LogP contribution in [0.2, 0.25) is 15.1 Å². The second-order valence-electron chi connectivity index (χ2n) is 8.70. The molecule has 4 aromatic rings. The summed E-state index contributed by atoms with van der Waals surface area (Å²) in [5.41, 5.74) is 1.62. The molecule has 1 fully saturated rings. The number of thioether (sulfide) groups is 1. The van der Waals surface area contributed by atoms with Crippen molar-refractivity contribution in [1.29, 1.82) is 0 Å². The lowest BCUT2D eigenvalue weighted by atomic mass is 10.2. The first-order valence-electron chi connectivity index (χ1n) is 11.9. The highest BCUT2D eigenvalue weighted by Gasteiger charge is 2.28. The Morgan fingerprint density at radius 1 is 0.923 bits per heavy atom. The fraction of sp³-hybridized carbons (Fsp3) is 0.192. The average molecular weight is 623 g/mol. The largest absolute Gasteiger partial charge is 0.323 e. The van der Waals surface area contributed by atoms with E-state index in [-0.39, 0.29) is 32.3 Å². The summed E-state index contributed by atoms with van der Waals surface area (Å²) in [5, 5.41) is 12.7. The third kappa shape index (κ3) is 6.11. The van der Waals surface area contributed by atoms with Gasteiger partial charge in [0.2, 0.25) is 15.9 Å². The Labute approximate surface area is 245 Å². The minimum absolute atomic E-state index is 0.0103. The van der Waals surface area contributed by atoms with Gasteiger partial charge >= 0.3 is 0 Å². The molecule has 0 radical (unpaired) electrons. The lowest BCUT2D eigenvalue weighted by Gasteiger charge is -2.16. The number of nitrogens with zero attached hydrogens (tertiary/aromatic N) is 4. The van der Waals surface area contributed by atoms with Crippen LogP contribution in [0.3, 0.4) is 0 Å². The minimum Gasteiger partial charge on any atom is -0.323 e. The van der Waals surface area contributed by atoms with Gasteiger partial charge in [-0.1, -0.05) is 76.9 Å². The molecule has 3 aromatic carbocycles. The number of amides is 1. The number of hydrogen-bond donors (Lipinski definition) is 1. The van der Waals surface area contributed by atoms with Gasteiger partial charge in [0.15, 0.2) is 11.0 Å². The zero-order valence-electron chi connectivity index (χ0n) is 20.4. The summed E-state index contributed by atoms with van der Waals surface area (Å²) in [6.07, 6.45) is 1.71. The van der Waals surface area contributed by atoms with Gasteiger partial charge in [-0.2, -0.15) is 4.31 Å². The van der Waals surface area contributed by atoms with Crippen LogP contribution >= 0.6 is 46.6 Å². The molecule has 0 unspecified atom stereocenters. The number of halogens is 3. The fourth-order valence-corrected chi connectivity index (χ4v) is 7.43. The fourth-order valence-electron chi connectivity index (χ4n) is 4.20. The standard InChI is InChI=1S/C26H22Cl3N5O3S2/c27-18-14-21(28)24(22(29)15-18)30-23(35)16-38-26-32-31-25(34(26)19-8-2-1-3-9-19)17-7-6-10-20(13-17)39(36,37)33-11-4-5-12-33/h1-3,6-10,13-15H,4-5,11-12,16H2,(H,30,35). The number of hydrogen-bond acceptors (Lipinski definition) is 6. The summed E-state index contributed by atoms with van der Waals surface area (Å²) < 4.78 is 29.7. The lowest BCUT2D eigenvalue weighted by Crippen LogP contribution is -2.27. The van der Waals surface area contributed by atoms with E-state index >= 15 is 0 Å². The molecule has 13 heteroatoms. The van der Waals surface area contributed by atoms with Crippen molar-refractivity contribution in [3.8, 4) is 17.1 Å². The van der Waals surface area contributed by atoms with Gasteiger partial charge in [-0.05, 0) is 49.2 Å². The highest BCUT2D eigenvalue weighted by Crippen LogP contribution is 2.34. The summed E-state index contributed by atoms with van der Waals surface area (Å²) in [7, 11) is -3.61. The first-order valence-corrected chi connectivity index (χ1v) is 15.5. The van der Waals surface area contributed by atoms with E-state index in [1.807, 2.05) is 30.3 Å². The molecular formula is C26H22Cl3N5O3S2. The van der Waals surface area contributed by atoms with Crippen molar-refractivity contribution in [2.24, 2.45) is 0 Å². The molecule has 202 valence electrons. The van der Waals surface area contributed by atoms with Crippen LogP contribution in [0.5, 0.6) is 0 Å². The highest BCUT2D eigenvalue weighted by atomic mass is 35.5. The van der Waals surface area contributed by atoms with Crippen molar-refractivity contribution < 1.29 is 13.2 Å². The van der Waals surface area contributed by atoms with Crippen LogP contribution in [0.1, 0.15) is 12.8 Å². The SMILES string of the molecule is O=C(CSc1nnc(-c2cccc(S(=O)(=O)N3CCCC3)c2)n1-c1ccccc1)Nc1c(Cl)cc(Cl)cc1Cl. The zero-order valence-corrected chi connectivity index (χ0v) is 24.3. The number of aromatic nitrogens is 3. The Bertz CT molecular complexity index is 1600. The summed E-state index contributed by atoms with van der Waals surface area (Å²) in [6, 6.07) is 19.1. The maximum absolute atomic E-state index is 13.2. The molecule has 0 saturated carbocycles. The van der Waals surface area contributed by atoms with Crippen LogP contribution in [0, 0.1) is 0 Å². The monoisotopic (exact) mass is 621 g/mol. The predicted molar refractivity (Wildman–Crippen MR) is 156 cm³/mol.